The first kappa shape index (κ1) is 14.3. The topological polar surface area (TPSA) is 66.8 Å². The molecule has 0 aromatic rings. The Balaban J connectivity index is 1.77. The molecule has 1 amide bonds. The highest BCUT2D eigenvalue weighted by molar-refractivity contribution is 5.80. The van der Waals surface area contributed by atoms with Crippen molar-refractivity contribution in [3.8, 4) is 0 Å². The molecule has 0 aliphatic carbocycles. The van der Waals surface area contributed by atoms with Gasteiger partial charge in [-0.2, -0.15) is 0 Å². The van der Waals surface area contributed by atoms with Crippen molar-refractivity contribution in [3.63, 3.8) is 0 Å². The Bertz CT molecular complexity index is 370. The zero-order valence-corrected chi connectivity index (χ0v) is 11.7. The van der Waals surface area contributed by atoms with Crippen LogP contribution in [0.15, 0.2) is 0 Å². The van der Waals surface area contributed by atoms with Crippen molar-refractivity contribution in [2.45, 2.75) is 58.2 Å². The van der Waals surface area contributed by atoms with Crippen molar-refractivity contribution >= 4 is 11.9 Å². The second kappa shape index (κ2) is 5.49. The Morgan fingerprint density at radius 3 is 2.68 bits per heavy atom. The van der Waals surface area contributed by atoms with E-state index < -0.39 is 11.4 Å². The molecule has 3 atom stereocenters. The van der Waals surface area contributed by atoms with Gasteiger partial charge in [0.2, 0.25) is 5.91 Å². The fourth-order valence-electron chi connectivity index (χ4n) is 2.89. The molecule has 108 valence electrons. The summed E-state index contributed by atoms with van der Waals surface area (Å²) in [6.45, 7) is 4.66. The first-order valence-corrected chi connectivity index (χ1v) is 7.07. The number of amides is 1. The van der Waals surface area contributed by atoms with Crippen LogP contribution >= 0.6 is 0 Å². The molecule has 5 nitrogen and oxygen atoms in total. The lowest BCUT2D eigenvalue weighted by atomic mass is 9.90. The molecule has 19 heavy (non-hydrogen) atoms. The first-order valence-electron chi connectivity index (χ1n) is 7.07. The van der Waals surface area contributed by atoms with Gasteiger partial charge in [0.05, 0.1) is 17.6 Å². The van der Waals surface area contributed by atoms with Crippen LogP contribution in [0.3, 0.4) is 0 Å². The average molecular weight is 269 g/mol. The Labute approximate surface area is 113 Å². The van der Waals surface area contributed by atoms with E-state index >= 15 is 0 Å². The van der Waals surface area contributed by atoms with Crippen LogP contribution in [-0.2, 0) is 14.3 Å². The smallest absolute Gasteiger partial charge is 0.311 e. The molecule has 2 aliphatic heterocycles. The van der Waals surface area contributed by atoms with Crippen LogP contribution in [0, 0.1) is 5.41 Å². The van der Waals surface area contributed by atoms with Gasteiger partial charge >= 0.3 is 5.97 Å². The minimum Gasteiger partial charge on any atom is -0.481 e. The summed E-state index contributed by atoms with van der Waals surface area (Å²) >= 11 is 0. The molecule has 0 saturated carbocycles. The van der Waals surface area contributed by atoms with Gasteiger partial charge in [0, 0.05) is 19.5 Å². The van der Waals surface area contributed by atoms with Gasteiger partial charge in [-0.15, -0.1) is 0 Å². The lowest BCUT2D eigenvalue weighted by molar-refractivity contribution is -0.147. The molecule has 2 fully saturated rings. The van der Waals surface area contributed by atoms with Crippen LogP contribution in [0.25, 0.3) is 0 Å². The van der Waals surface area contributed by atoms with E-state index in [4.69, 9.17) is 9.84 Å². The van der Waals surface area contributed by atoms with E-state index in [0.29, 0.717) is 32.0 Å². The summed E-state index contributed by atoms with van der Waals surface area (Å²) in [6, 6.07) is 0. The third kappa shape index (κ3) is 3.26. The van der Waals surface area contributed by atoms with Crippen molar-refractivity contribution in [2.75, 3.05) is 13.1 Å². The van der Waals surface area contributed by atoms with E-state index in [1.54, 1.807) is 11.8 Å². The highest BCUT2D eigenvalue weighted by Crippen LogP contribution is 2.31. The van der Waals surface area contributed by atoms with Crippen molar-refractivity contribution in [2.24, 2.45) is 5.41 Å². The summed E-state index contributed by atoms with van der Waals surface area (Å²) in [4.78, 5) is 24.9. The minimum absolute atomic E-state index is 0.0631. The summed E-state index contributed by atoms with van der Waals surface area (Å²) in [5, 5.41) is 9.15. The molecule has 0 aromatic carbocycles. The Hall–Kier alpha value is -1.10. The Morgan fingerprint density at radius 1 is 1.42 bits per heavy atom. The SMILES string of the molecule is CC1CCC(CCC(=O)N2CCC(C)(C(=O)O)C2)O1. The van der Waals surface area contributed by atoms with Gasteiger partial charge in [-0.3, -0.25) is 9.59 Å². The molecule has 2 heterocycles. The van der Waals surface area contributed by atoms with Crippen molar-refractivity contribution in [3.05, 3.63) is 0 Å². The van der Waals surface area contributed by atoms with E-state index in [0.717, 1.165) is 19.3 Å². The average Bonchev–Trinajstić information content (AvgIpc) is 2.94. The number of carboxylic acids is 1. The normalized spacial score (nSPS) is 34.7. The molecular formula is C14H23NO4. The largest absolute Gasteiger partial charge is 0.481 e. The molecule has 2 saturated heterocycles. The number of carboxylic acid groups (broad SMARTS) is 1. The maximum atomic E-state index is 12.1. The third-order valence-corrected chi connectivity index (χ3v) is 4.34. The molecular weight excluding hydrogens is 246 g/mol. The summed E-state index contributed by atoms with van der Waals surface area (Å²) < 4.78 is 5.69. The molecule has 0 spiro atoms. The molecule has 2 aliphatic rings. The van der Waals surface area contributed by atoms with Crippen LogP contribution in [0.2, 0.25) is 0 Å². The summed E-state index contributed by atoms with van der Waals surface area (Å²) in [5.41, 5.74) is -0.770. The van der Waals surface area contributed by atoms with Gasteiger partial charge < -0.3 is 14.7 Å². The molecule has 2 rings (SSSR count). The summed E-state index contributed by atoms with van der Waals surface area (Å²) in [6.07, 6.45) is 4.37. The van der Waals surface area contributed by atoms with Gasteiger partial charge in [0.1, 0.15) is 0 Å². The zero-order valence-electron chi connectivity index (χ0n) is 11.7. The highest BCUT2D eigenvalue weighted by Gasteiger charge is 2.42. The second-order valence-corrected chi connectivity index (χ2v) is 6.12. The summed E-state index contributed by atoms with van der Waals surface area (Å²) in [7, 11) is 0. The van der Waals surface area contributed by atoms with Crippen molar-refractivity contribution in [1.29, 1.82) is 0 Å². The second-order valence-electron chi connectivity index (χ2n) is 6.12. The number of nitrogens with zero attached hydrogens (tertiary/aromatic N) is 1. The lowest BCUT2D eigenvalue weighted by Gasteiger charge is -2.20. The predicted molar refractivity (Wildman–Crippen MR) is 69.7 cm³/mol. The molecule has 0 aromatic heterocycles. The van der Waals surface area contributed by atoms with Crippen molar-refractivity contribution in [1.82, 2.24) is 4.90 Å². The highest BCUT2D eigenvalue weighted by atomic mass is 16.5. The quantitative estimate of drug-likeness (QED) is 0.843. The number of aliphatic carboxylic acids is 1. The standard InChI is InChI=1S/C14H23NO4/c1-10-3-4-11(19-10)5-6-12(16)15-8-7-14(2,9-15)13(17)18/h10-11H,3-9H2,1-2H3,(H,17,18). The maximum Gasteiger partial charge on any atom is 0.311 e. The van der Waals surface area contributed by atoms with E-state index in [-0.39, 0.29) is 12.0 Å². The molecule has 1 N–H and O–H groups in total. The van der Waals surface area contributed by atoms with Gasteiger partial charge in [0.15, 0.2) is 0 Å². The molecule has 0 radical (unpaired) electrons. The van der Waals surface area contributed by atoms with Gasteiger partial charge in [-0.05, 0) is 39.5 Å². The molecule has 5 heteroatoms. The van der Waals surface area contributed by atoms with Gasteiger partial charge in [-0.1, -0.05) is 0 Å². The van der Waals surface area contributed by atoms with Crippen LogP contribution in [0.5, 0.6) is 0 Å². The van der Waals surface area contributed by atoms with Crippen LogP contribution < -0.4 is 0 Å². The number of carbonyl (C=O) groups excluding carboxylic acids is 1. The van der Waals surface area contributed by atoms with Gasteiger partial charge in [-0.25, -0.2) is 0 Å². The monoisotopic (exact) mass is 269 g/mol. The zero-order chi connectivity index (χ0) is 14.0. The van der Waals surface area contributed by atoms with E-state index in [1.165, 1.54) is 0 Å². The third-order valence-electron chi connectivity index (χ3n) is 4.34. The fourth-order valence-corrected chi connectivity index (χ4v) is 2.89. The number of hydrogen-bond donors (Lipinski definition) is 1. The Morgan fingerprint density at radius 2 is 2.16 bits per heavy atom. The summed E-state index contributed by atoms with van der Waals surface area (Å²) in [5.74, 6) is -0.746. The van der Waals surface area contributed by atoms with E-state index in [9.17, 15) is 9.59 Å². The van der Waals surface area contributed by atoms with E-state index in [2.05, 4.69) is 6.92 Å². The fraction of sp³-hybridized carbons (Fsp3) is 0.857. The maximum absolute atomic E-state index is 12.1. The Kier molecular flexibility index (Phi) is 4.13. The predicted octanol–water partition coefficient (Wildman–Crippen LogP) is 1.66. The number of rotatable bonds is 4. The lowest BCUT2D eigenvalue weighted by Crippen LogP contribution is -2.35. The number of hydrogen-bond acceptors (Lipinski definition) is 3. The number of likely N-dealkylation sites (tertiary alicyclic amines) is 1. The van der Waals surface area contributed by atoms with Crippen LogP contribution in [0.4, 0.5) is 0 Å². The van der Waals surface area contributed by atoms with Crippen LogP contribution in [-0.4, -0.2) is 47.2 Å². The molecule has 3 unspecified atom stereocenters. The van der Waals surface area contributed by atoms with Crippen molar-refractivity contribution < 1.29 is 19.4 Å². The van der Waals surface area contributed by atoms with Gasteiger partial charge in [0.25, 0.3) is 0 Å². The van der Waals surface area contributed by atoms with Crippen LogP contribution in [0.1, 0.15) is 46.0 Å². The number of carbonyl (C=O) groups is 2. The number of ether oxygens (including phenoxy) is 1. The minimum atomic E-state index is -0.809. The van der Waals surface area contributed by atoms with E-state index in [1.807, 2.05) is 0 Å². The first-order chi connectivity index (χ1) is 8.90. The molecule has 0 bridgehead atoms.